The molecule has 4 nitrogen and oxygen atoms in total. The van der Waals surface area contributed by atoms with Crippen LogP contribution >= 0.6 is 11.8 Å². The molecular formula is C15H24N2O2S2. The molecule has 0 aromatic heterocycles. The number of nitrogens with one attached hydrogen (secondary N) is 1. The van der Waals surface area contributed by atoms with E-state index in [0.717, 1.165) is 30.1 Å². The molecule has 1 aromatic rings. The molecule has 0 spiro atoms. The quantitative estimate of drug-likeness (QED) is 0.897. The van der Waals surface area contributed by atoms with Gasteiger partial charge in [0.2, 0.25) is 0 Å². The topological polar surface area (TPSA) is 49.4 Å². The number of hydrogen-bond donors (Lipinski definition) is 1. The second kappa shape index (κ2) is 7.03. The molecule has 0 amide bonds. The van der Waals surface area contributed by atoms with Crippen molar-refractivity contribution in [3.63, 3.8) is 0 Å². The van der Waals surface area contributed by atoms with Crippen molar-refractivity contribution < 1.29 is 8.42 Å². The Morgan fingerprint density at radius 3 is 2.76 bits per heavy atom. The second-order valence-corrected chi connectivity index (χ2v) is 9.07. The SMILES string of the molecule is CC(C)NCc1ccccc1N1CCSCC1S(C)(=O)=O. The summed E-state index contributed by atoms with van der Waals surface area (Å²) in [5, 5.41) is 2.99. The van der Waals surface area contributed by atoms with Crippen molar-refractivity contribution >= 4 is 27.3 Å². The fraction of sp³-hybridized carbons (Fsp3) is 0.600. The van der Waals surface area contributed by atoms with E-state index in [-0.39, 0.29) is 0 Å². The highest BCUT2D eigenvalue weighted by Crippen LogP contribution is 2.29. The van der Waals surface area contributed by atoms with E-state index in [2.05, 4.69) is 30.1 Å². The normalized spacial score (nSPS) is 20.0. The summed E-state index contributed by atoms with van der Waals surface area (Å²) in [6.07, 6.45) is 1.34. The summed E-state index contributed by atoms with van der Waals surface area (Å²) >= 11 is 1.72. The second-order valence-electron chi connectivity index (χ2n) is 5.72. The highest BCUT2D eigenvalue weighted by Gasteiger charge is 2.31. The zero-order valence-electron chi connectivity index (χ0n) is 12.9. The number of thioether (sulfide) groups is 1. The maximum atomic E-state index is 12.1. The smallest absolute Gasteiger partial charge is 0.169 e. The third kappa shape index (κ3) is 4.37. The van der Waals surface area contributed by atoms with Crippen molar-refractivity contribution in [3.05, 3.63) is 29.8 Å². The summed E-state index contributed by atoms with van der Waals surface area (Å²) in [6, 6.07) is 8.50. The van der Waals surface area contributed by atoms with Gasteiger partial charge in [0.15, 0.2) is 9.84 Å². The minimum atomic E-state index is -3.09. The minimum absolute atomic E-state index is 0.403. The summed E-state index contributed by atoms with van der Waals surface area (Å²) in [5.74, 6) is 1.61. The average molecular weight is 329 g/mol. The molecule has 1 aromatic carbocycles. The predicted octanol–water partition coefficient (Wildman–Crippen LogP) is 2.11. The van der Waals surface area contributed by atoms with Crippen LogP contribution in [0.3, 0.4) is 0 Å². The molecule has 1 saturated heterocycles. The van der Waals surface area contributed by atoms with Gasteiger partial charge in [-0.1, -0.05) is 32.0 Å². The average Bonchev–Trinajstić information content (AvgIpc) is 2.44. The van der Waals surface area contributed by atoms with Crippen molar-refractivity contribution in [2.75, 3.05) is 29.2 Å². The molecule has 118 valence electrons. The summed E-state index contributed by atoms with van der Waals surface area (Å²) in [5.41, 5.74) is 2.20. The number of benzene rings is 1. The molecule has 1 atom stereocenters. The van der Waals surface area contributed by atoms with Gasteiger partial charge < -0.3 is 10.2 Å². The molecule has 1 aliphatic heterocycles. The number of rotatable bonds is 5. The van der Waals surface area contributed by atoms with E-state index in [0.29, 0.717) is 11.8 Å². The van der Waals surface area contributed by atoms with E-state index in [4.69, 9.17) is 0 Å². The Hall–Kier alpha value is -0.720. The Morgan fingerprint density at radius 1 is 1.38 bits per heavy atom. The molecule has 1 unspecified atom stereocenters. The molecule has 6 heteroatoms. The molecule has 1 heterocycles. The summed E-state index contributed by atoms with van der Waals surface area (Å²) in [4.78, 5) is 2.06. The van der Waals surface area contributed by atoms with Crippen LogP contribution < -0.4 is 10.2 Å². The zero-order chi connectivity index (χ0) is 15.5. The Labute approximate surface area is 132 Å². The van der Waals surface area contributed by atoms with E-state index >= 15 is 0 Å². The fourth-order valence-corrected chi connectivity index (χ4v) is 5.30. The molecule has 0 aliphatic carbocycles. The van der Waals surface area contributed by atoms with Crippen LogP contribution in [-0.2, 0) is 16.4 Å². The largest absolute Gasteiger partial charge is 0.353 e. The molecule has 0 saturated carbocycles. The van der Waals surface area contributed by atoms with Gasteiger partial charge in [-0.15, -0.1) is 0 Å². The van der Waals surface area contributed by atoms with Crippen LogP contribution in [0.4, 0.5) is 5.69 Å². The van der Waals surface area contributed by atoms with Gasteiger partial charge in [-0.2, -0.15) is 11.8 Å². The first kappa shape index (κ1) is 16.6. The first-order chi connectivity index (χ1) is 9.89. The van der Waals surface area contributed by atoms with Crippen LogP contribution in [0.15, 0.2) is 24.3 Å². The van der Waals surface area contributed by atoms with Gasteiger partial charge in [-0.05, 0) is 11.6 Å². The van der Waals surface area contributed by atoms with Crippen LogP contribution in [-0.4, -0.2) is 44.1 Å². The van der Waals surface area contributed by atoms with Gasteiger partial charge in [0.25, 0.3) is 0 Å². The van der Waals surface area contributed by atoms with Gasteiger partial charge in [-0.25, -0.2) is 8.42 Å². The highest BCUT2D eigenvalue weighted by molar-refractivity contribution is 8.01. The summed E-state index contributed by atoms with van der Waals surface area (Å²) < 4.78 is 24.2. The molecule has 0 bridgehead atoms. The van der Waals surface area contributed by atoms with Gasteiger partial charge in [0.05, 0.1) is 0 Å². The third-order valence-electron chi connectivity index (χ3n) is 3.58. The lowest BCUT2D eigenvalue weighted by Gasteiger charge is -2.37. The lowest BCUT2D eigenvalue weighted by Crippen LogP contribution is -2.47. The molecule has 1 N–H and O–H groups in total. The maximum absolute atomic E-state index is 12.1. The van der Waals surface area contributed by atoms with E-state index in [1.54, 1.807) is 11.8 Å². The van der Waals surface area contributed by atoms with Crippen molar-refractivity contribution in [2.24, 2.45) is 0 Å². The molecular weight excluding hydrogens is 304 g/mol. The Morgan fingerprint density at radius 2 is 2.10 bits per heavy atom. The van der Waals surface area contributed by atoms with Crippen LogP contribution in [0.1, 0.15) is 19.4 Å². The third-order valence-corrected chi connectivity index (χ3v) is 6.22. The number of sulfone groups is 1. The molecule has 0 radical (unpaired) electrons. The molecule has 1 fully saturated rings. The van der Waals surface area contributed by atoms with E-state index < -0.39 is 15.2 Å². The molecule has 2 rings (SSSR count). The lowest BCUT2D eigenvalue weighted by molar-refractivity contribution is 0.579. The Bertz CT molecular complexity index is 573. The van der Waals surface area contributed by atoms with E-state index in [1.165, 1.54) is 6.26 Å². The predicted molar refractivity (Wildman–Crippen MR) is 91.7 cm³/mol. The van der Waals surface area contributed by atoms with Crippen LogP contribution in [0.2, 0.25) is 0 Å². The highest BCUT2D eigenvalue weighted by atomic mass is 32.2. The first-order valence-corrected chi connectivity index (χ1v) is 10.3. The summed E-state index contributed by atoms with van der Waals surface area (Å²) in [6.45, 7) is 5.76. The van der Waals surface area contributed by atoms with E-state index in [9.17, 15) is 8.42 Å². The first-order valence-electron chi connectivity index (χ1n) is 7.24. The lowest BCUT2D eigenvalue weighted by atomic mass is 10.1. The van der Waals surface area contributed by atoms with Crippen molar-refractivity contribution in [1.29, 1.82) is 0 Å². The standard InChI is InChI=1S/C15H24N2O2S2/c1-12(2)16-10-13-6-4-5-7-14(13)17-8-9-20-11-15(17)21(3,18)19/h4-7,12,15-16H,8-11H2,1-3H3. The number of nitrogens with zero attached hydrogens (tertiary/aromatic N) is 1. The van der Waals surface area contributed by atoms with Crippen LogP contribution in [0, 0.1) is 0 Å². The fourth-order valence-electron chi connectivity index (χ4n) is 2.47. The zero-order valence-corrected chi connectivity index (χ0v) is 14.5. The summed E-state index contributed by atoms with van der Waals surface area (Å²) in [7, 11) is -3.09. The Kier molecular flexibility index (Phi) is 5.57. The van der Waals surface area contributed by atoms with Gasteiger partial charge in [0.1, 0.15) is 5.37 Å². The number of hydrogen-bond acceptors (Lipinski definition) is 5. The molecule has 21 heavy (non-hydrogen) atoms. The van der Waals surface area contributed by atoms with E-state index in [1.807, 2.05) is 18.2 Å². The maximum Gasteiger partial charge on any atom is 0.169 e. The monoisotopic (exact) mass is 328 g/mol. The van der Waals surface area contributed by atoms with Crippen molar-refractivity contribution in [3.8, 4) is 0 Å². The van der Waals surface area contributed by atoms with Crippen LogP contribution in [0.25, 0.3) is 0 Å². The van der Waals surface area contributed by atoms with Crippen molar-refractivity contribution in [2.45, 2.75) is 31.8 Å². The van der Waals surface area contributed by atoms with Gasteiger partial charge in [0, 0.05) is 42.6 Å². The van der Waals surface area contributed by atoms with Gasteiger partial charge >= 0.3 is 0 Å². The Balaban J connectivity index is 2.30. The molecule has 1 aliphatic rings. The van der Waals surface area contributed by atoms with Crippen molar-refractivity contribution in [1.82, 2.24) is 5.32 Å². The number of para-hydroxylation sites is 1. The number of anilines is 1. The minimum Gasteiger partial charge on any atom is -0.353 e. The van der Waals surface area contributed by atoms with Gasteiger partial charge in [-0.3, -0.25) is 0 Å². The van der Waals surface area contributed by atoms with Crippen LogP contribution in [0.5, 0.6) is 0 Å².